The predicted octanol–water partition coefficient (Wildman–Crippen LogP) is 2.25. The Morgan fingerprint density at radius 1 is 1.53 bits per heavy atom. The first kappa shape index (κ1) is 11.7. The molecule has 6 heteroatoms. The van der Waals surface area contributed by atoms with Gasteiger partial charge in [-0.3, -0.25) is 0 Å². The van der Waals surface area contributed by atoms with Crippen molar-refractivity contribution >= 4 is 23.1 Å². The summed E-state index contributed by atoms with van der Waals surface area (Å²) in [7, 11) is 1.89. The van der Waals surface area contributed by atoms with Crippen molar-refractivity contribution in [2.45, 2.75) is 13.5 Å². The van der Waals surface area contributed by atoms with Gasteiger partial charge in [0.1, 0.15) is 5.76 Å². The molecule has 17 heavy (non-hydrogen) atoms. The molecule has 0 saturated carbocycles. The van der Waals surface area contributed by atoms with Crippen LogP contribution in [0.1, 0.15) is 11.3 Å². The molecule has 0 aliphatic heterocycles. The van der Waals surface area contributed by atoms with Gasteiger partial charge in [-0.2, -0.15) is 4.98 Å². The smallest absolute Gasteiger partial charge is 0.224 e. The second-order valence-corrected chi connectivity index (χ2v) is 4.11. The first-order valence-electron chi connectivity index (χ1n) is 5.10. The molecule has 0 spiro atoms. The lowest BCUT2D eigenvalue weighted by atomic mass is 10.2. The molecule has 5 nitrogen and oxygen atoms in total. The fraction of sp³-hybridized carbons (Fsp3) is 0.273. The summed E-state index contributed by atoms with van der Waals surface area (Å²) in [5.74, 6) is 1.50. The van der Waals surface area contributed by atoms with Crippen molar-refractivity contribution in [3.63, 3.8) is 0 Å². The molecule has 0 aromatic carbocycles. The largest absolute Gasteiger partial charge is 0.469 e. The monoisotopic (exact) mass is 252 g/mol. The average Bonchev–Trinajstić information content (AvgIpc) is 2.68. The lowest BCUT2D eigenvalue weighted by Gasteiger charge is -2.19. The summed E-state index contributed by atoms with van der Waals surface area (Å²) >= 11 is 5.75. The zero-order chi connectivity index (χ0) is 12.4. The quantitative estimate of drug-likeness (QED) is 0.849. The van der Waals surface area contributed by atoms with E-state index < -0.39 is 0 Å². The molecule has 2 aromatic heterocycles. The Bertz CT molecular complexity index is 526. The van der Waals surface area contributed by atoms with Crippen LogP contribution in [0.25, 0.3) is 0 Å². The van der Waals surface area contributed by atoms with E-state index in [0.29, 0.717) is 18.1 Å². The summed E-state index contributed by atoms with van der Waals surface area (Å²) < 4.78 is 5.24. The van der Waals surface area contributed by atoms with Crippen molar-refractivity contribution in [2.75, 3.05) is 17.7 Å². The summed E-state index contributed by atoms with van der Waals surface area (Å²) in [4.78, 5) is 9.83. The van der Waals surface area contributed by atoms with Crippen LogP contribution in [-0.4, -0.2) is 17.0 Å². The highest BCUT2D eigenvalue weighted by molar-refractivity contribution is 6.28. The fourth-order valence-corrected chi connectivity index (χ4v) is 1.70. The van der Waals surface area contributed by atoms with Crippen LogP contribution >= 0.6 is 11.6 Å². The third-order valence-electron chi connectivity index (χ3n) is 2.50. The summed E-state index contributed by atoms with van der Waals surface area (Å²) in [5.41, 5.74) is 7.39. The van der Waals surface area contributed by atoms with E-state index in [1.54, 1.807) is 6.26 Å². The molecule has 90 valence electrons. The lowest BCUT2D eigenvalue weighted by Crippen LogP contribution is -2.19. The topological polar surface area (TPSA) is 68.2 Å². The Morgan fingerprint density at radius 3 is 2.94 bits per heavy atom. The standard InChI is InChI=1S/C11H13ClN4O/c1-7-8(3-4-17-7)6-16(2)10-9(13)5-14-11(12)15-10/h3-5H,6,13H2,1-2H3. The van der Waals surface area contributed by atoms with Crippen molar-refractivity contribution < 1.29 is 4.42 Å². The van der Waals surface area contributed by atoms with Crippen LogP contribution in [-0.2, 0) is 6.54 Å². The van der Waals surface area contributed by atoms with Crippen molar-refractivity contribution in [3.8, 4) is 0 Å². The number of nitrogens with two attached hydrogens (primary N) is 1. The average molecular weight is 253 g/mol. The van der Waals surface area contributed by atoms with Crippen molar-refractivity contribution in [2.24, 2.45) is 0 Å². The fourth-order valence-electron chi connectivity index (χ4n) is 1.57. The summed E-state index contributed by atoms with van der Waals surface area (Å²) in [6.07, 6.45) is 3.16. The van der Waals surface area contributed by atoms with E-state index in [1.807, 2.05) is 24.9 Å². The first-order chi connectivity index (χ1) is 8.08. The Hall–Kier alpha value is -1.75. The molecule has 2 heterocycles. The molecule has 0 atom stereocenters. The van der Waals surface area contributed by atoms with Gasteiger partial charge in [-0.05, 0) is 24.6 Å². The predicted molar refractivity (Wildman–Crippen MR) is 67.0 cm³/mol. The van der Waals surface area contributed by atoms with E-state index in [1.165, 1.54) is 6.20 Å². The van der Waals surface area contributed by atoms with Crippen LogP contribution in [0.4, 0.5) is 11.5 Å². The Balaban J connectivity index is 2.23. The summed E-state index contributed by atoms with van der Waals surface area (Å²) in [6, 6.07) is 1.92. The van der Waals surface area contributed by atoms with Crippen LogP contribution in [0.2, 0.25) is 5.28 Å². The van der Waals surface area contributed by atoms with E-state index in [2.05, 4.69) is 9.97 Å². The van der Waals surface area contributed by atoms with E-state index in [4.69, 9.17) is 21.8 Å². The minimum Gasteiger partial charge on any atom is -0.469 e. The van der Waals surface area contributed by atoms with Crippen molar-refractivity contribution in [3.05, 3.63) is 35.1 Å². The number of hydrogen-bond acceptors (Lipinski definition) is 5. The third-order valence-corrected chi connectivity index (χ3v) is 2.68. The number of halogens is 1. The normalized spacial score (nSPS) is 10.5. The van der Waals surface area contributed by atoms with Gasteiger partial charge in [0, 0.05) is 19.2 Å². The molecule has 0 radical (unpaired) electrons. The number of nitrogen functional groups attached to an aromatic ring is 1. The highest BCUT2D eigenvalue weighted by Crippen LogP contribution is 2.22. The SMILES string of the molecule is Cc1occc1CN(C)c1nc(Cl)ncc1N. The maximum Gasteiger partial charge on any atom is 0.224 e. The van der Waals surface area contributed by atoms with Gasteiger partial charge in [0.05, 0.1) is 18.1 Å². The van der Waals surface area contributed by atoms with Gasteiger partial charge in [-0.1, -0.05) is 0 Å². The number of rotatable bonds is 3. The van der Waals surface area contributed by atoms with Gasteiger partial charge >= 0.3 is 0 Å². The molecule has 2 rings (SSSR count). The maximum atomic E-state index is 5.81. The van der Waals surface area contributed by atoms with Gasteiger partial charge in [0.15, 0.2) is 5.82 Å². The van der Waals surface area contributed by atoms with Gasteiger partial charge in [0.2, 0.25) is 5.28 Å². The van der Waals surface area contributed by atoms with E-state index in [9.17, 15) is 0 Å². The maximum absolute atomic E-state index is 5.81. The van der Waals surface area contributed by atoms with Crippen molar-refractivity contribution in [1.29, 1.82) is 0 Å². The highest BCUT2D eigenvalue weighted by atomic mass is 35.5. The van der Waals surface area contributed by atoms with E-state index in [0.717, 1.165) is 11.3 Å². The summed E-state index contributed by atoms with van der Waals surface area (Å²) in [5, 5.41) is 0.185. The molecule has 0 bridgehead atoms. The molecule has 0 aliphatic rings. The zero-order valence-electron chi connectivity index (χ0n) is 9.64. The van der Waals surface area contributed by atoms with Crippen LogP contribution in [0.3, 0.4) is 0 Å². The van der Waals surface area contributed by atoms with Gasteiger partial charge in [0.25, 0.3) is 0 Å². The number of furan rings is 1. The van der Waals surface area contributed by atoms with E-state index in [-0.39, 0.29) is 5.28 Å². The number of nitrogens with zero attached hydrogens (tertiary/aromatic N) is 3. The Labute approximate surface area is 104 Å². The molecule has 0 fully saturated rings. The molecule has 0 unspecified atom stereocenters. The molecule has 0 aliphatic carbocycles. The van der Waals surface area contributed by atoms with Crippen molar-refractivity contribution in [1.82, 2.24) is 9.97 Å². The Morgan fingerprint density at radius 2 is 2.29 bits per heavy atom. The van der Waals surface area contributed by atoms with Crippen LogP contribution in [0.5, 0.6) is 0 Å². The minimum atomic E-state index is 0.185. The molecule has 2 N–H and O–H groups in total. The number of aromatic nitrogens is 2. The minimum absolute atomic E-state index is 0.185. The van der Waals surface area contributed by atoms with Crippen LogP contribution < -0.4 is 10.6 Å². The second kappa shape index (κ2) is 4.63. The number of hydrogen-bond donors (Lipinski definition) is 1. The Kier molecular flexibility index (Phi) is 3.19. The molecule has 2 aromatic rings. The summed E-state index contributed by atoms with van der Waals surface area (Å²) in [6.45, 7) is 2.57. The van der Waals surface area contributed by atoms with E-state index >= 15 is 0 Å². The number of aryl methyl sites for hydroxylation is 1. The van der Waals surface area contributed by atoms with Crippen LogP contribution in [0, 0.1) is 6.92 Å². The third kappa shape index (κ3) is 2.50. The zero-order valence-corrected chi connectivity index (χ0v) is 10.4. The van der Waals surface area contributed by atoms with Gasteiger partial charge in [-0.25, -0.2) is 4.98 Å². The first-order valence-corrected chi connectivity index (χ1v) is 5.48. The molecular weight excluding hydrogens is 240 g/mol. The van der Waals surface area contributed by atoms with Crippen LogP contribution in [0.15, 0.2) is 22.9 Å². The van der Waals surface area contributed by atoms with Gasteiger partial charge in [-0.15, -0.1) is 0 Å². The van der Waals surface area contributed by atoms with Gasteiger partial charge < -0.3 is 15.1 Å². The molecule has 0 amide bonds. The highest BCUT2D eigenvalue weighted by Gasteiger charge is 2.11. The second-order valence-electron chi connectivity index (χ2n) is 3.78. The lowest BCUT2D eigenvalue weighted by molar-refractivity contribution is 0.529. The molecule has 0 saturated heterocycles. The molecular formula is C11H13ClN4O. The number of anilines is 2.